The summed E-state index contributed by atoms with van der Waals surface area (Å²) >= 11 is 0. The van der Waals surface area contributed by atoms with Crippen molar-refractivity contribution in [2.45, 2.75) is 19.1 Å². The first-order valence-corrected chi connectivity index (χ1v) is 10.6. The number of sulfonamides is 1. The summed E-state index contributed by atoms with van der Waals surface area (Å²) in [6, 6.07) is 5.37. The van der Waals surface area contributed by atoms with Crippen LogP contribution in [0.25, 0.3) is 0 Å². The number of piperazine rings is 1. The maximum atomic E-state index is 12.5. The van der Waals surface area contributed by atoms with Crippen molar-refractivity contribution in [3.63, 3.8) is 0 Å². The average molecular weight is 523 g/mol. The first kappa shape index (κ1) is 22.7. The molecular weight excluding hydrogens is 497 g/mol. The summed E-state index contributed by atoms with van der Waals surface area (Å²) in [5.74, 6) is 1.57. The highest BCUT2D eigenvalue weighted by molar-refractivity contribution is 14.0. The standard InChI is InChI=1S/C17H25N5O4S.HI/c1-2-18-17(19-7-5-16-4-3-12-25-16)21-8-10-22(11-9-21)27(23,24)14-15-6-13-26-20-15;/h3-4,6,12-13H,2,5,7-11,14H2,1H3,(H,18,19);1H. The largest absolute Gasteiger partial charge is 0.469 e. The third-order valence-electron chi connectivity index (χ3n) is 4.29. The molecule has 1 saturated heterocycles. The predicted octanol–water partition coefficient (Wildman–Crippen LogP) is 1.54. The van der Waals surface area contributed by atoms with Crippen LogP contribution in [0.15, 0.2) is 44.7 Å². The van der Waals surface area contributed by atoms with Crippen LogP contribution in [0.4, 0.5) is 0 Å². The first-order valence-electron chi connectivity index (χ1n) is 9.01. The zero-order chi connectivity index (χ0) is 19.1. The quantitative estimate of drug-likeness (QED) is 0.334. The molecule has 1 fully saturated rings. The van der Waals surface area contributed by atoms with E-state index in [1.807, 2.05) is 19.1 Å². The van der Waals surface area contributed by atoms with E-state index < -0.39 is 10.0 Å². The number of hydrogen-bond donors (Lipinski definition) is 1. The highest BCUT2D eigenvalue weighted by Crippen LogP contribution is 2.13. The molecule has 2 aromatic rings. The van der Waals surface area contributed by atoms with Gasteiger partial charge in [0, 0.05) is 51.8 Å². The number of aliphatic imine (C=N–C) groups is 1. The number of hydrogen-bond acceptors (Lipinski definition) is 6. The number of nitrogens with zero attached hydrogens (tertiary/aromatic N) is 4. The molecule has 3 heterocycles. The molecule has 0 saturated carbocycles. The van der Waals surface area contributed by atoms with E-state index in [4.69, 9.17) is 8.94 Å². The van der Waals surface area contributed by atoms with Crippen LogP contribution in [0.5, 0.6) is 0 Å². The van der Waals surface area contributed by atoms with Crippen molar-refractivity contribution in [2.24, 2.45) is 4.99 Å². The maximum absolute atomic E-state index is 12.5. The lowest BCUT2D eigenvalue weighted by Gasteiger charge is -2.35. The van der Waals surface area contributed by atoms with Gasteiger partial charge in [0.25, 0.3) is 0 Å². The van der Waals surface area contributed by atoms with Crippen molar-refractivity contribution in [3.05, 3.63) is 42.2 Å². The molecule has 28 heavy (non-hydrogen) atoms. The minimum atomic E-state index is -3.40. The van der Waals surface area contributed by atoms with Crippen molar-refractivity contribution >= 4 is 40.0 Å². The highest BCUT2D eigenvalue weighted by atomic mass is 127. The molecule has 11 heteroatoms. The Morgan fingerprint density at radius 1 is 1.25 bits per heavy atom. The monoisotopic (exact) mass is 523 g/mol. The van der Waals surface area contributed by atoms with Gasteiger partial charge in [-0.15, -0.1) is 24.0 Å². The van der Waals surface area contributed by atoms with E-state index >= 15 is 0 Å². The van der Waals surface area contributed by atoms with Crippen LogP contribution in [-0.2, 0) is 22.2 Å². The average Bonchev–Trinajstić information content (AvgIpc) is 3.35. The molecule has 1 aliphatic rings. The van der Waals surface area contributed by atoms with Crippen LogP contribution in [0.3, 0.4) is 0 Å². The molecule has 156 valence electrons. The van der Waals surface area contributed by atoms with Crippen molar-refractivity contribution in [2.75, 3.05) is 39.3 Å². The minimum absolute atomic E-state index is 0. The van der Waals surface area contributed by atoms with Gasteiger partial charge >= 0.3 is 0 Å². The molecule has 0 aliphatic carbocycles. The maximum Gasteiger partial charge on any atom is 0.220 e. The molecule has 2 aromatic heterocycles. The van der Waals surface area contributed by atoms with Gasteiger partial charge in [-0.25, -0.2) is 8.42 Å². The fourth-order valence-electron chi connectivity index (χ4n) is 2.92. The molecule has 1 N–H and O–H groups in total. The lowest BCUT2D eigenvalue weighted by Crippen LogP contribution is -2.54. The molecule has 0 amide bonds. The van der Waals surface area contributed by atoms with E-state index in [1.54, 1.807) is 12.3 Å². The lowest BCUT2D eigenvalue weighted by atomic mass is 10.3. The second-order valence-electron chi connectivity index (χ2n) is 6.20. The summed E-state index contributed by atoms with van der Waals surface area (Å²) < 4.78 is 36.6. The second-order valence-corrected chi connectivity index (χ2v) is 8.17. The Morgan fingerprint density at radius 2 is 2.04 bits per heavy atom. The zero-order valence-electron chi connectivity index (χ0n) is 15.8. The van der Waals surface area contributed by atoms with E-state index in [0.717, 1.165) is 24.7 Å². The van der Waals surface area contributed by atoms with E-state index in [-0.39, 0.29) is 29.7 Å². The van der Waals surface area contributed by atoms with Crippen LogP contribution < -0.4 is 5.32 Å². The molecule has 1 aliphatic heterocycles. The molecule has 0 spiro atoms. The van der Waals surface area contributed by atoms with E-state index in [0.29, 0.717) is 38.4 Å². The molecular formula is C17H26IN5O4S. The molecule has 0 unspecified atom stereocenters. The van der Waals surface area contributed by atoms with Gasteiger partial charge < -0.3 is 19.2 Å². The van der Waals surface area contributed by atoms with Gasteiger partial charge in [-0.2, -0.15) is 4.31 Å². The Balaban J connectivity index is 0.00000280. The second kappa shape index (κ2) is 10.8. The summed E-state index contributed by atoms with van der Waals surface area (Å²) in [4.78, 5) is 6.73. The van der Waals surface area contributed by atoms with Gasteiger partial charge in [-0.3, -0.25) is 4.99 Å². The highest BCUT2D eigenvalue weighted by Gasteiger charge is 2.28. The number of nitrogens with one attached hydrogen (secondary N) is 1. The Bertz CT molecular complexity index is 816. The van der Waals surface area contributed by atoms with Gasteiger partial charge in [-0.05, 0) is 19.1 Å². The Kier molecular flexibility index (Phi) is 8.76. The molecule has 0 atom stereocenters. The fraction of sp³-hybridized carbons (Fsp3) is 0.529. The van der Waals surface area contributed by atoms with Crippen LogP contribution in [0.2, 0.25) is 0 Å². The number of guanidine groups is 1. The van der Waals surface area contributed by atoms with Gasteiger partial charge in [0.1, 0.15) is 17.8 Å². The molecule has 0 bridgehead atoms. The van der Waals surface area contributed by atoms with E-state index in [1.165, 1.54) is 10.6 Å². The SMILES string of the molecule is CCNC(=NCCc1ccco1)N1CCN(S(=O)(=O)Cc2ccon2)CC1.I. The van der Waals surface area contributed by atoms with Crippen molar-refractivity contribution in [1.82, 2.24) is 19.7 Å². The van der Waals surface area contributed by atoms with Gasteiger partial charge in [0.05, 0.1) is 12.0 Å². The first-order chi connectivity index (χ1) is 13.1. The number of aromatic nitrogens is 1. The van der Waals surface area contributed by atoms with Crippen molar-refractivity contribution < 1.29 is 17.4 Å². The third-order valence-corrected chi connectivity index (χ3v) is 6.10. The van der Waals surface area contributed by atoms with Gasteiger partial charge in [0.15, 0.2) is 5.96 Å². The van der Waals surface area contributed by atoms with E-state index in [9.17, 15) is 8.42 Å². The van der Waals surface area contributed by atoms with Crippen LogP contribution >= 0.6 is 24.0 Å². The minimum Gasteiger partial charge on any atom is -0.469 e. The normalized spacial score (nSPS) is 16.0. The Hall–Kier alpha value is -1.60. The van der Waals surface area contributed by atoms with Crippen LogP contribution in [0.1, 0.15) is 18.4 Å². The number of rotatable bonds is 7. The number of furan rings is 1. The summed E-state index contributed by atoms with van der Waals surface area (Å²) in [5, 5.41) is 6.97. The molecule has 0 radical (unpaired) electrons. The van der Waals surface area contributed by atoms with Crippen molar-refractivity contribution in [1.29, 1.82) is 0 Å². The van der Waals surface area contributed by atoms with Gasteiger partial charge in [-0.1, -0.05) is 5.16 Å². The Morgan fingerprint density at radius 3 is 2.64 bits per heavy atom. The van der Waals surface area contributed by atoms with E-state index in [2.05, 4.69) is 20.4 Å². The summed E-state index contributed by atoms with van der Waals surface area (Å²) in [7, 11) is -3.40. The summed E-state index contributed by atoms with van der Waals surface area (Å²) in [6.45, 7) is 5.40. The zero-order valence-corrected chi connectivity index (χ0v) is 18.9. The lowest BCUT2D eigenvalue weighted by molar-refractivity contribution is 0.260. The Labute approximate surface area is 182 Å². The molecule has 3 rings (SSSR count). The molecule has 9 nitrogen and oxygen atoms in total. The van der Waals surface area contributed by atoms with Crippen molar-refractivity contribution in [3.8, 4) is 0 Å². The van der Waals surface area contributed by atoms with Crippen LogP contribution in [-0.4, -0.2) is 68.0 Å². The van der Waals surface area contributed by atoms with Gasteiger partial charge in [0.2, 0.25) is 10.0 Å². The predicted molar refractivity (Wildman–Crippen MR) is 116 cm³/mol. The summed E-state index contributed by atoms with van der Waals surface area (Å²) in [5.41, 5.74) is 0.422. The van der Waals surface area contributed by atoms with Crippen LogP contribution in [0, 0.1) is 0 Å². The fourth-order valence-corrected chi connectivity index (χ4v) is 4.35. The third kappa shape index (κ3) is 6.21. The molecule has 0 aromatic carbocycles. The smallest absolute Gasteiger partial charge is 0.220 e. The summed E-state index contributed by atoms with van der Waals surface area (Å²) in [6.07, 6.45) is 3.77. The topological polar surface area (TPSA) is 104 Å². The number of halogens is 1.